The Labute approximate surface area is 105 Å². The lowest BCUT2D eigenvalue weighted by Crippen LogP contribution is -1.88. The van der Waals surface area contributed by atoms with Gasteiger partial charge in [0, 0.05) is 5.56 Å². The van der Waals surface area contributed by atoms with Gasteiger partial charge in [0.1, 0.15) is 11.5 Å². The highest BCUT2D eigenvalue weighted by molar-refractivity contribution is 5.74. The molecule has 0 heterocycles. The van der Waals surface area contributed by atoms with E-state index in [4.69, 9.17) is 0 Å². The van der Waals surface area contributed by atoms with E-state index < -0.39 is 0 Å². The van der Waals surface area contributed by atoms with Crippen LogP contribution in [0.5, 0.6) is 11.5 Å². The molecule has 3 nitrogen and oxygen atoms in total. The van der Waals surface area contributed by atoms with Crippen LogP contribution in [-0.2, 0) is 6.61 Å². The van der Waals surface area contributed by atoms with E-state index in [1.54, 1.807) is 48.5 Å². The van der Waals surface area contributed by atoms with E-state index in [-0.39, 0.29) is 18.1 Å². The molecule has 0 radical (unpaired) electrons. The van der Waals surface area contributed by atoms with Crippen LogP contribution in [0.3, 0.4) is 0 Å². The SMILES string of the molecule is OCc1cccc(O)c1/C=C/c1ccc(O)cc1. The lowest BCUT2D eigenvalue weighted by atomic mass is 10.1. The molecule has 0 unspecified atom stereocenters. The third-order valence-corrected chi connectivity index (χ3v) is 2.68. The summed E-state index contributed by atoms with van der Waals surface area (Å²) in [5.74, 6) is 0.349. The van der Waals surface area contributed by atoms with E-state index in [9.17, 15) is 15.3 Å². The first-order valence-corrected chi connectivity index (χ1v) is 5.59. The second kappa shape index (κ2) is 5.38. The molecule has 0 bridgehead atoms. The van der Waals surface area contributed by atoms with Gasteiger partial charge in [0.05, 0.1) is 6.61 Å². The smallest absolute Gasteiger partial charge is 0.123 e. The summed E-state index contributed by atoms with van der Waals surface area (Å²) in [6.45, 7) is -0.121. The summed E-state index contributed by atoms with van der Waals surface area (Å²) < 4.78 is 0. The van der Waals surface area contributed by atoms with E-state index in [0.29, 0.717) is 11.1 Å². The van der Waals surface area contributed by atoms with Crippen LogP contribution in [0, 0.1) is 0 Å². The Morgan fingerprint density at radius 2 is 1.61 bits per heavy atom. The van der Waals surface area contributed by atoms with Crippen molar-refractivity contribution in [2.75, 3.05) is 0 Å². The fraction of sp³-hybridized carbons (Fsp3) is 0.0667. The van der Waals surface area contributed by atoms with Gasteiger partial charge in [0.25, 0.3) is 0 Å². The first-order chi connectivity index (χ1) is 8.70. The summed E-state index contributed by atoms with van der Waals surface area (Å²) in [5, 5.41) is 28.1. The van der Waals surface area contributed by atoms with Gasteiger partial charge in [0.15, 0.2) is 0 Å². The fourth-order valence-corrected chi connectivity index (χ4v) is 1.69. The van der Waals surface area contributed by atoms with Gasteiger partial charge in [-0.05, 0) is 29.3 Å². The molecule has 2 aromatic rings. The number of hydrogen-bond donors (Lipinski definition) is 3. The highest BCUT2D eigenvalue weighted by Gasteiger charge is 2.03. The van der Waals surface area contributed by atoms with Crippen LogP contribution in [0.1, 0.15) is 16.7 Å². The summed E-state index contributed by atoms with van der Waals surface area (Å²) in [7, 11) is 0. The van der Waals surface area contributed by atoms with Crippen LogP contribution < -0.4 is 0 Å². The zero-order chi connectivity index (χ0) is 13.0. The van der Waals surface area contributed by atoms with Crippen LogP contribution in [0.15, 0.2) is 42.5 Å². The maximum absolute atomic E-state index is 9.74. The molecule has 92 valence electrons. The summed E-state index contributed by atoms with van der Waals surface area (Å²) in [6.07, 6.45) is 3.56. The monoisotopic (exact) mass is 242 g/mol. The molecule has 3 N–H and O–H groups in total. The van der Waals surface area contributed by atoms with Crippen molar-refractivity contribution >= 4 is 12.2 Å². The molecule has 0 aliphatic rings. The molecule has 0 atom stereocenters. The number of aliphatic hydroxyl groups is 1. The Balaban J connectivity index is 2.31. The van der Waals surface area contributed by atoms with E-state index in [1.165, 1.54) is 0 Å². The van der Waals surface area contributed by atoms with Gasteiger partial charge in [-0.2, -0.15) is 0 Å². The molecule has 0 aromatic heterocycles. The Morgan fingerprint density at radius 1 is 0.889 bits per heavy atom. The molecular formula is C15H14O3. The van der Waals surface area contributed by atoms with Gasteiger partial charge in [-0.25, -0.2) is 0 Å². The highest BCUT2D eigenvalue weighted by Crippen LogP contribution is 2.24. The minimum atomic E-state index is -0.121. The van der Waals surface area contributed by atoms with Gasteiger partial charge < -0.3 is 15.3 Å². The Morgan fingerprint density at radius 3 is 2.28 bits per heavy atom. The fourth-order valence-electron chi connectivity index (χ4n) is 1.69. The minimum Gasteiger partial charge on any atom is -0.508 e. The molecule has 0 saturated heterocycles. The molecule has 0 aliphatic heterocycles. The van der Waals surface area contributed by atoms with Crippen LogP contribution >= 0.6 is 0 Å². The zero-order valence-electron chi connectivity index (χ0n) is 9.74. The van der Waals surface area contributed by atoms with Gasteiger partial charge in [-0.15, -0.1) is 0 Å². The normalized spacial score (nSPS) is 10.9. The van der Waals surface area contributed by atoms with Crippen molar-refractivity contribution in [3.63, 3.8) is 0 Å². The van der Waals surface area contributed by atoms with Crippen molar-refractivity contribution in [1.29, 1.82) is 0 Å². The van der Waals surface area contributed by atoms with E-state index in [0.717, 1.165) is 5.56 Å². The first-order valence-electron chi connectivity index (χ1n) is 5.59. The molecule has 3 heteroatoms. The van der Waals surface area contributed by atoms with Crippen molar-refractivity contribution in [2.45, 2.75) is 6.61 Å². The molecule has 18 heavy (non-hydrogen) atoms. The molecule has 0 fully saturated rings. The van der Waals surface area contributed by atoms with Crippen LogP contribution in [0.25, 0.3) is 12.2 Å². The maximum Gasteiger partial charge on any atom is 0.123 e. The van der Waals surface area contributed by atoms with Crippen molar-refractivity contribution < 1.29 is 15.3 Å². The predicted molar refractivity (Wildman–Crippen MR) is 71.1 cm³/mol. The molecule has 0 aliphatic carbocycles. The number of benzene rings is 2. The average molecular weight is 242 g/mol. The van der Waals surface area contributed by atoms with Gasteiger partial charge in [-0.3, -0.25) is 0 Å². The summed E-state index contributed by atoms with van der Waals surface area (Å²) >= 11 is 0. The van der Waals surface area contributed by atoms with Crippen molar-refractivity contribution in [3.05, 3.63) is 59.2 Å². The maximum atomic E-state index is 9.74. The highest BCUT2D eigenvalue weighted by atomic mass is 16.3. The molecule has 0 spiro atoms. The number of aromatic hydroxyl groups is 2. The van der Waals surface area contributed by atoms with Gasteiger partial charge in [0.2, 0.25) is 0 Å². The quantitative estimate of drug-likeness (QED) is 0.725. The van der Waals surface area contributed by atoms with Gasteiger partial charge >= 0.3 is 0 Å². The number of aliphatic hydroxyl groups excluding tert-OH is 1. The standard InChI is InChI=1S/C15H14O3/c16-10-12-2-1-3-15(18)14(12)9-6-11-4-7-13(17)8-5-11/h1-9,16-18H,10H2/b9-6+. The van der Waals surface area contributed by atoms with E-state index in [1.807, 2.05) is 6.08 Å². The van der Waals surface area contributed by atoms with Crippen molar-refractivity contribution in [2.24, 2.45) is 0 Å². The number of rotatable bonds is 3. The van der Waals surface area contributed by atoms with E-state index in [2.05, 4.69) is 0 Å². The largest absolute Gasteiger partial charge is 0.508 e. The lowest BCUT2D eigenvalue weighted by Gasteiger charge is -2.05. The molecule has 0 saturated carbocycles. The van der Waals surface area contributed by atoms with Gasteiger partial charge in [-0.1, -0.05) is 36.4 Å². The molecule has 2 aromatic carbocycles. The minimum absolute atomic E-state index is 0.121. The number of phenolic OH excluding ortho intramolecular Hbond substituents is 2. The third kappa shape index (κ3) is 2.70. The predicted octanol–water partition coefficient (Wildman–Crippen LogP) is 2.76. The molecule has 2 rings (SSSR count). The van der Waals surface area contributed by atoms with E-state index >= 15 is 0 Å². The topological polar surface area (TPSA) is 60.7 Å². The number of hydrogen-bond acceptors (Lipinski definition) is 3. The average Bonchev–Trinajstić information content (AvgIpc) is 2.39. The summed E-state index contributed by atoms with van der Waals surface area (Å²) in [5.41, 5.74) is 2.18. The molecule has 0 amide bonds. The Bertz CT molecular complexity index is 556. The second-order valence-electron chi connectivity index (χ2n) is 3.93. The van der Waals surface area contributed by atoms with Crippen molar-refractivity contribution in [3.8, 4) is 11.5 Å². The lowest BCUT2D eigenvalue weighted by molar-refractivity contribution is 0.281. The van der Waals surface area contributed by atoms with Crippen LogP contribution in [-0.4, -0.2) is 15.3 Å². The van der Waals surface area contributed by atoms with Crippen LogP contribution in [0.4, 0.5) is 0 Å². The molecular weight excluding hydrogens is 228 g/mol. The van der Waals surface area contributed by atoms with Crippen molar-refractivity contribution in [1.82, 2.24) is 0 Å². The summed E-state index contributed by atoms with van der Waals surface area (Å²) in [6, 6.07) is 11.8. The first kappa shape index (κ1) is 12.2. The summed E-state index contributed by atoms with van der Waals surface area (Å²) in [4.78, 5) is 0. The Kier molecular flexibility index (Phi) is 3.65. The zero-order valence-corrected chi connectivity index (χ0v) is 9.74. The second-order valence-corrected chi connectivity index (χ2v) is 3.93. The van der Waals surface area contributed by atoms with Crippen LogP contribution in [0.2, 0.25) is 0 Å². The Hall–Kier alpha value is -2.26. The number of phenols is 2. The third-order valence-electron chi connectivity index (χ3n) is 2.68.